The lowest BCUT2D eigenvalue weighted by molar-refractivity contribution is -0.121. The van der Waals surface area contributed by atoms with Gasteiger partial charge in [-0.2, -0.15) is 0 Å². The van der Waals surface area contributed by atoms with Gasteiger partial charge >= 0.3 is 0 Å². The van der Waals surface area contributed by atoms with Crippen LogP contribution in [0.25, 0.3) is 22.2 Å². The van der Waals surface area contributed by atoms with Crippen LogP contribution in [0.5, 0.6) is 5.75 Å². The highest BCUT2D eigenvalue weighted by molar-refractivity contribution is 5.91. The average molecular weight is 399 g/mol. The van der Waals surface area contributed by atoms with E-state index in [0.29, 0.717) is 19.4 Å². The molecule has 4 aromatic rings. The number of aryl methyl sites for hydroxylation is 1. The number of ether oxygens (including phenoxy) is 1. The van der Waals surface area contributed by atoms with E-state index in [9.17, 15) is 4.79 Å². The van der Waals surface area contributed by atoms with Crippen LogP contribution in [0.2, 0.25) is 0 Å². The highest BCUT2D eigenvalue weighted by Crippen LogP contribution is 2.32. The van der Waals surface area contributed by atoms with E-state index in [-0.39, 0.29) is 5.91 Å². The molecule has 4 rings (SSSR count). The predicted molar refractivity (Wildman–Crippen MR) is 120 cm³/mol. The number of pyridine rings is 1. The number of aromatic nitrogens is 2. The maximum Gasteiger partial charge on any atom is 0.220 e. The van der Waals surface area contributed by atoms with Crippen LogP contribution in [0.1, 0.15) is 17.7 Å². The Bertz CT molecular complexity index is 1120. The number of benzene rings is 2. The van der Waals surface area contributed by atoms with Gasteiger partial charge in [0.25, 0.3) is 0 Å². The first-order chi connectivity index (χ1) is 14.7. The molecule has 0 fully saturated rings. The number of para-hydroxylation sites is 1. The first-order valence-electron chi connectivity index (χ1n) is 10.1. The van der Waals surface area contributed by atoms with Gasteiger partial charge in [0, 0.05) is 47.9 Å². The first kappa shape index (κ1) is 19.7. The molecule has 2 aromatic carbocycles. The molecule has 0 aliphatic rings. The molecule has 0 bridgehead atoms. The van der Waals surface area contributed by atoms with Gasteiger partial charge in [-0.1, -0.05) is 24.3 Å². The number of hydrogen-bond donors (Lipinski definition) is 2. The van der Waals surface area contributed by atoms with E-state index in [2.05, 4.69) is 27.4 Å². The number of hydrogen-bond acceptors (Lipinski definition) is 3. The molecule has 30 heavy (non-hydrogen) atoms. The lowest BCUT2D eigenvalue weighted by Gasteiger charge is -2.08. The van der Waals surface area contributed by atoms with Crippen molar-refractivity contribution in [2.24, 2.45) is 0 Å². The zero-order valence-electron chi connectivity index (χ0n) is 17.0. The van der Waals surface area contributed by atoms with Crippen molar-refractivity contribution in [2.75, 3.05) is 13.7 Å². The topological polar surface area (TPSA) is 67.0 Å². The molecular formula is C25H25N3O2. The number of carbonyl (C=O) groups excluding carboxylic acids is 1. The van der Waals surface area contributed by atoms with Gasteiger partial charge in [-0.3, -0.25) is 9.78 Å². The fraction of sp³-hybridized carbons (Fsp3) is 0.200. The van der Waals surface area contributed by atoms with Crippen LogP contribution < -0.4 is 10.1 Å². The lowest BCUT2D eigenvalue weighted by Crippen LogP contribution is -2.26. The summed E-state index contributed by atoms with van der Waals surface area (Å²) in [5, 5.41) is 4.17. The molecule has 0 aliphatic heterocycles. The fourth-order valence-corrected chi connectivity index (χ4v) is 3.67. The van der Waals surface area contributed by atoms with Crippen molar-refractivity contribution in [3.63, 3.8) is 0 Å². The quantitative estimate of drug-likeness (QED) is 0.457. The van der Waals surface area contributed by atoms with Gasteiger partial charge in [-0.25, -0.2) is 0 Å². The molecule has 0 atom stereocenters. The van der Waals surface area contributed by atoms with Gasteiger partial charge in [0.05, 0.1) is 7.11 Å². The van der Waals surface area contributed by atoms with E-state index in [1.165, 1.54) is 0 Å². The second kappa shape index (κ2) is 9.27. The van der Waals surface area contributed by atoms with Crippen molar-refractivity contribution in [1.82, 2.24) is 15.3 Å². The molecule has 5 heteroatoms. The van der Waals surface area contributed by atoms with Gasteiger partial charge in [-0.05, 0) is 60.0 Å². The number of nitrogens with zero attached hydrogens (tertiary/aromatic N) is 1. The average Bonchev–Trinajstić information content (AvgIpc) is 3.17. The number of methoxy groups -OCH3 is 1. The SMILES string of the molecule is COc1ccc(-c2[nH]c3ccccc3c2CCC(=O)NCCc2ccccn2)cc1. The van der Waals surface area contributed by atoms with Crippen LogP contribution in [0.4, 0.5) is 0 Å². The molecular weight excluding hydrogens is 374 g/mol. The van der Waals surface area contributed by atoms with Crippen LogP contribution in [-0.2, 0) is 17.6 Å². The van der Waals surface area contributed by atoms with Gasteiger partial charge < -0.3 is 15.0 Å². The number of nitrogens with one attached hydrogen (secondary N) is 2. The van der Waals surface area contributed by atoms with Crippen molar-refractivity contribution in [1.29, 1.82) is 0 Å². The molecule has 0 unspecified atom stereocenters. The third kappa shape index (κ3) is 4.51. The number of carbonyl (C=O) groups is 1. The van der Waals surface area contributed by atoms with Gasteiger partial charge in [-0.15, -0.1) is 0 Å². The molecule has 0 saturated carbocycles. The molecule has 2 aromatic heterocycles. The standard InChI is InChI=1S/C25H25N3O2/c1-30-20-11-9-18(10-12-20)25-22(21-7-2-3-8-23(21)28-25)13-14-24(29)27-17-15-19-6-4-5-16-26-19/h2-12,16,28H,13-15,17H2,1H3,(H,27,29). The third-order valence-corrected chi connectivity index (χ3v) is 5.22. The molecule has 0 aliphatic carbocycles. The molecule has 0 spiro atoms. The van der Waals surface area contributed by atoms with E-state index in [4.69, 9.17) is 4.74 Å². The van der Waals surface area contributed by atoms with Crippen LogP contribution in [-0.4, -0.2) is 29.5 Å². The van der Waals surface area contributed by atoms with Crippen LogP contribution in [0.3, 0.4) is 0 Å². The summed E-state index contributed by atoms with van der Waals surface area (Å²) in [6.07, 6.45) is 3.61. The van der Waals surface area contributed by atoms with Crippen LogP contribution >= 0.6 is 0 Å². The summed E-state index contributed by atoms with van der Waals surface area (Å²) in [5.41, 5.74) is 5.36. The summed E-state index contributed by atoms with van der Waals surface area (Å²) in [6.45, 7) is 0.592. The van der Waals surface area contributed by atoms with E-state index in [0.717, 1.165) is 45.6 Å². The molecule has 2 heterocycles. The van der Waals surface area contributed by atoms with Crippen molar-refractivity contribution in [3.05, 3.63) is 84.2 Å². The number of amides is 1. The first-order valence-corrected chi connectivity index (χ1v) is 10.1. The predicted octanol–water partition coefficient (Wildman–Crippen LogP) is 4.53. The van der Waals surface area contributed by atoms with E-state index >= 15 is 0 Å². The number of fused-ring (bicyclic) bond motifs is 1. The molecule has 0 saturated heterocycles. The largest absolute Gasteiger partial charge is 0.497 e. The van der Waals surface area contributed by atoms with E-state index in [1.807, 2.05) is 54.6 Å². The minimum Gasteiger partial charge on any atom is -0.497 e. The second-order valence-electron chi connectivity index (χ2n) is 7.17. The number of H-pyrrole nitrogens is 1. The lowest BCUT2D eigenvalue weighted by atomic mass is 10.0. The molecule has 0 radical (unpaired) electrons. The minimum absolute atomic E-state index is 0.0527. The normalized spacial score (nSPS) is 10.8. The molecule has 5 nitrogen and oxygen atoms in total. The van der Waals surface area contributed by atoms with Gasteiger partial charge in [0.15, 0.2) is 0 Å². The third-order valence-electron chi connectivity index (χ3n) is 5.22. The smallest absolute Gasteiger partial charge is 0.220 e. The fourth-order valence-electron chi connectivity index (χ4n) is 3.67. The summed E-state index contributed by atoms with van der Waals surface area (Å²) in [6, 6.07) is 22.0. The van der Waals surface area contributed by atoms with Crippen molar-refractivity contribution >= 4 is 16.8 Å². The molecule has 2 N–H and O–H groups in total. The zero-order chi connectivity index (χ0) is 20.8. The Morgan fingerprint density at radius 1 is 1.00 bits per heavy atom. The van der Waals surface area contributed by atoms with Gasteiger partial charge in [0.1, 0.15) is 5.75 Å². The highest BCUT2D eigenvalue weighted by Gasteiger charge is 2.14. The Morgan fingerprint density at radius 3 is 2.57 bits per heavy atom. The Hall–Kier alpha value is -3.60. The highest BCUT2D eigenvalue weighted by atomic mass is 16.5. The summed E-state index contributed by atoms with van der Waals surface area (Å²) < 4.78 is 5.28. The Labute approximate surface area is 176 Å². The van der Waals surface area contributed by atoms with Crippen molar-refractivity contribution in [3.8, 4) is 17.0 Å². The minimum atomic E-state index is 0.0527. The maximum atomic E-state index is 12.4. The number of rotatable bonds is 8. The summed E-state index contributed by atoms with van der Waals surface area (Å²) in [5.74, 6) is 0.876. The molecule has 152 valence electrons. The second-order valence-corrected chi connectivity index (χ2v) is 7.17. The van der Waals surface area contributed by atoms with Crippen molar-refractivity contribution in [2.45, 2.75) is 19.3 Å². The van der Waals surface area contributed by atoms with Crippen molar-refractivity contribution < 1.29 is 9.53 Å². The molecule has 1 amide bonds. The summed E-state index contributed by atoms with van der Waals surface area (Å²) in [7, 11) is 1.66. The Morgan fingerprint density at radius 2 is 1.80 bits per heavy atom. The summed E-state index contributed by atoms with van der Waals surface area (Å²) >= 11 is 0. The van der Waals surface area contributed by atoms with Gasteiger partial charge in [0.2, 0.25) is 5.91 Å². The Balaban J connectivity index is 1.46. The maximum absolute atomic E-state index is 12.4. The van der Waals surface area contributed by atoms with E-state index in [1.54, 1.807) is 13.3 Å². The monoisotopic (exact) mass is 399 g/mol. The Kier molecular flexibility index (Phi) is 6.09. The number of aromatic amines is 1. The van der Waals surface area contributed by atoms with E-state index < -0.39 is 0 Å². The summed E-state index contributed by atoms with van der Waals surface area (Å²) in [4.78, 5) is 20.3. The van der Waals surface area contributed by atoms with Crippen LogP contribution in [0.15, 0.2) is 72.9 Å². The van der Waals surface area contributed by atoms with Crippen LogP contribution in [0, 0.1) is 0 Å². The zero-order valence-corrected chi connectivity index (χ0v) is 17.0.